The number of halogens is 2. The van der Waals surface area contributed by atoms with Crippen molar-refractivity contribution < 1.29 is 22.7 Å². The van der Waals surface area contributed by atoms with Gasteiger partial charge in [0.1, 0.15) is 18.3 Å². The first kappa shape index (κ1) is 31.3. The summed E-state index contributed by atoms with van der Waals surface area (Å²) in [5.74, 6) is -0.392. The van der Waals surface area contributed by atoms with E-state index in [2.05, 4.69) is 5.32 Å². The molecule has 40 heavy (non-hydrogen) atoms. The molecule has 0 aromatic heterocycles. The third-order valence-corrected chi connectivity index (χ3v) is 8.60. The van der Waals surface area contributed by atoms with Gasteiger partial charge in [-0.3, -0.25) is 13.9 Å². The van der Waals surface area contributed by atoms with E-state index in [9.17, 15) is 18.0 Å². The van der Waals surface area contributed by atoms with Gasteiger partial charge in [0.05, 0.1) is 17.7 Å². The molecule has 0 aliphatic rings. The molecule has 1 N–H and O–H groups in total. The fraction of sp³-hybridized carbons (Fsp3) is 0.310. The molecule has 0 fully saturated rings. The van der Waals surface area contributed by atoms with Crippen molar-refractivity contribution in [3.8, 4) is 5.75 Å². The molecule has 0 unspecified atom stereocenters. The van der Waals surface area contributed by atoms with Gasteiger partial charge < -0.3 is 15.0 Å². The minimum Gasteiger partial charge on any atom is -0.497 e. The van der Waals surface area contributed by atoms with Gasteiger partial charge >= 0.3 is 0 Å². The maximum Gasteiger partial charge on any atom is 0.264 e. The smallest absolute Gasteiger partial charge is 0.264 e. The number of amides is 2. The summed E-state index contributed by atoms with van der Waals surface area (Å²) in [6.07, 6.45) is 1.70. The zero-order valence-corrected chi connectivity index (χ0v) is 25.0. The summed E-state index contributed by atoms with van der Waals surface area (Å²) >= 11 is 12.1. The number of nitrogens with one attached hydrogen (secondary N) is 1. The number of hydrogen-bond donors (Lipinski definition) is 1. The molecule has 0 bridgehead atoms. The van der Waals surface area contributed by atoms with Crippen molar-refractivity contribution in [2.75, 3.05) is 24.5 Å². The van der Waals surface area contributed by atoms with E-state index in [1.54, 1.807) is 43.3 Å². The molecule has 3 rings (SSSR count). The molecule has 0 radical (unpaired) electrons. The van der Waals surface area contributed by atoms with Crippen molar-refractivity contribution in [3.63, 3.8) is 0 Å². The Kier molecular flexibility index (Phi) is 11.2. The van der Waals surface area contributed by atoms with Crippen LogP contribution in [0.15, 0.2) is 77.7 Å². The van der Waals surface area contributed by atoms with E-state index in [1.165, 1.54) is 48.4 Å². The molecule has 3 aromatic carbocycles. The molecule has 0 saturated heterocycles. The van der Waals surface area contributed by atoms with Crippen LogP contribution in [0.1, 0.15) is 32.3 Å². The van der Waals surface area contributed by atoms with Crippen LogP contribution in [-0.4, -0.2) is 51.4 Å². The molecule has 214 valence electrons. The average molecular weight is 607 g/mol. The van der Waals surface area contributed by atoms with Crippen LogP contribution < -0.4 is 14.4 Å². The lowest BCUT2D eigenvalue weighted by Crippen LogP contribution is -2.51. The lowest BCUT2D eigenvalue weighted by atomic mass is 10.1. The second-order valence-electron chi connectivity index (χ2n) is 9.13. The van der Waals surface area contributed by atoms with Gasteiger partial charge in [-0.2, -0.15) is 0 Å². The molecule has 0 saturated carbocycles. The number of unbranched alkanes of at least 4 members (excludes halogenated alkanes) is 1. The van der Waals surface area contributed by atoms with Gasteiger partial charge in [-0.25, -0.2) is 8.42 Å². The number of carbonyl (C=O) groups is 2. The van der Waals surface area contributed by atoms with Gasteiger partial charge in [0.25, 0.3) is 10.0 Å². The summed E-state index contributed by atoms with van der Waals surface area (Å²) in [7, 11) is -2.71. The van der Waals surface area contributed by atoms with Gasteiger partial charge in [0.15, 0.2) is 0 Å². The monoisotopic (exact) mass is 605 g/mol. The molecule has 3 aromatic rings. The number of nitrogens with zero attached hydrogens (tertiary/aromatic N) is 2. The van der Waals surface area contributed by atoms with Crippen LogP contribution in [0.3, 0.4) is 0 Å². The molecular formula is C29H33Cl2N3O5S. The predicted octanol–water partition coefficient (Wildman–Crippen LogP) is 5.53. The van der Waals surface area contributed by atoms with Crippen LogP contribution in [-0.2, 0) is 26.2 Å². The summed E-state index contributed by atoms with van der Waals surface area (Å²) in [5.41, 5.74) is 0.988. The Labute approximate surface area is 245 Å². The normalized spacial score (nSPS) is 11.9. The summed E-state index contributed by atoms with van der Waals surface area (Å²) in [5, 5.41) is 3.81. The highest BCUT2D eigenvalue weighted by atomic mass is 35.5. The second kappa shape index (κ2) is 14.4. The highest BCUT2D eigenvalue weighted by Gasteiger charge is 2.32. The zero-order valence-electron chi connectivity index (χ0n) is 22.6. The van der Waals surface area contributed by atoms with Crippen molar-refractivity contribution in [2.24, 2.45) is 0 Å². The maximum absolute atomic E-state index is 13.9. The first-order chi connectivity index (χ1) is 19.1. The number of carbonyl (C=O) groups excluding carboxylic acids is 2. The van der Waals surface area contributed by atoms with E-state index in [0.717, 1.165) is 22.7 Å². The predicted molar refractivity (Wildman–Crippen MR) is 158 cm³/mol. The summed E-state index contributed by atoms with van der Waals surface area (Å²) < 4.78 is 33.8. The first-order valence-corrected chi connectivity index (χ1v) is 15.0. The summed E-state index contributed by atoms with van der Waals surface area (Å²) in [6.45, 7) is 3.65. The van der Waals surface area contributed by atoms with Crippen LogP contribution in [0.4, 0.5) is 5.69 Å². The fourth-order valence-electron chi connectivity index (χ4n) is 3.92. The van der Waals surface area contributed by atoms with E-state index >= 15 is 0 Å². The molecule has 0 heterocycles. The summed E-state index contributed by atoms with van der Waals surface area (Å²) in [4.78, 5) is 28.2. The Bertz CT molecular complexity index is 1380. The molecule has 11 heteroatoms. The molecule has 0 spiro atoms. The third-order valence-electron chi connectivity index (χ3n) is 6.30. The van der Waals surface area contributed by atoms with Crippen LogP contribution in [0.2, 0.25) is 10.0 Å². The van der Waals surface area contributed by atoms with Gasteiger partial charge in [-0.15, -0.1) is 0 Å². The highest BCUT2D eigenvalue weighted by molar-refractivity contribution is 7.92. The van der Waals surface area contributed by atoms with Crippen molar-refractivity contribution in [1.29, 1.82) is 0 Å². The standard InChI is InChI=1S/C29H33Cl2N3O5S/c1-4-5-18-32-29(36)21(2)33(19-22-6-8-23(30)9-7-22)28(35)20-34(25-12-10-24(31)11-13-25)40(37,38)27-16-14-26(39-3)15-17-27/h6-17,21H,4-5,18-20H2,1-3H3,(H,32,36)/t21-/m0/s1. The van der Waals surface area contributed by atoms with E-state index in [0.29, 0.717) is 22.3 Å². The minimum absolute atomic E-state index is 0.0225. The maximum atomic E-state index is 13.9. The Morgan fingerprint density at radius 2 is 1.50 bits per heavy atom. The van der Waals surface area contributed by atoms with Gasteiger partial charge in [-0.05, 0) is 79.6 Å². The Hall–Kier alpha value is -3.27. The van der Waals surface area contributed by atoms with Gasteiger partial charge in [-0.1, -0.05) is 48.7 Å². The number of hydrogen-bond acceptors (Lipinski definition) is 5. The number of benzene rings is 3. The molecular weight excluding hydrogens is 573 g/mol. The number of sulfonamides is 1. The quantitative estimate of drug-likeness (QED) is 0.258. The third kappa shape index (κ3) is 8.13. The molecule has 2 amide bonds. The van der Waals surface area contributed by atoms with Gasteiger partial charge in [0.2, 0.25) is 11.8 Å². The van der Waals surface area contributed by atoms with Crippen molar-refractivity contribution >= 4 is 50.7 Å². The summed E-state index contributed by atoms with van der Waals surface area (Å²) in [6, 6.07) is 18.1. The lowest BCUT2D eigenvalue weighted by molar-refractivity contribution is -0.139. The van der Waals surface area contributed by atoms with E-state index in [4.69, 9.17) is 27.9 Å². The van der Waals surface area contributed by atoms with Gasteiger partial charge in [0, 0.05) is 23.1 Å². The Morgan fingerprint density at radius 1 is 0.925 bits per heavy atom. The van der Waals surface area contributed by atoms with Crippen molar-refractivity contribution in [2.45, 2.75) is 44.2 Å². The molecule has 1 atom stereocenters. The van der Waals surface area contributed by atoms with Crippen molar-refractivity contribution in [3.05, 3.63) is 88.4 Å². The van der Waals surface area contributed by atoms with Crippen molar-refractivity contribution in [1.82, 2.24) is 10.2 Å². The van der Waals surface area contributed by atoms with E-state index < -0.39 is 28.5 Å². The first-order valence-electron chi connectivity index (χ1n) is 12.8. The Balaban J connectivity index is 1.99. The topological polar surface area (TPSA) is 96.0 Å². The molecule has 0 aliphatic carbocycles. The average Bonchev–Trinajstić information content (AvgIpc) is 2.95. The zero-order chi connectivity index (χ0) is 29.3. The highest BCUT2D eigenvalue weighted by Crippen LogP contribution is 2.27. The largest absolute Gasteiger partial charge is 0.497 e. The number of ether oxygens (including phenoxy) is 1. The fourth-order valence-corrected chi connectivity index (χ4v) is 5.58. The number of methoxy groups -OCH3 is 1. The van der Waals surface area contributed by atoms with Crippen LogP contribution >= 0.6 is 23.2 Å². The van der Waals surface area contributed by atoms with Crippen LogP contribution in [0, 0.1) is 0 Å². The second-order valence-corrected chi connectivity index (χ2v) is 11.9. The minimum atomic E-state index is -4.19. The SMILES string of the molecule is CCCCNC(=O)[C@H](C)N(Cc1ccc(Cl)cc1)C(=O)CN(c1ccc(Cl)cc1)S(=O)(=O)c1ccc(OC)cc1. The van der Waals surface area contributed by atoms with Crippen LogP contribution in [0.25, 0.3) is 0 Å². The number of anilines is 1. The van der Waals surface area contributed by atoms with Crippen LogP contribution in [0.5, 0.6) is 5.75 Å². The van der Waals surface area contributed by atoms with E-state index in [1.807, 2.05) is 6.92 Å². The molecule has 0 aliphatic heterocycles. The van der Waals surface area contributed by atoms with E-state index in [-0.39, 0.29) is 23.0 Å². The number of rotatable bonds is 13. The molecule has 8 nitrogen and oxygen atoms in total. The Morgan fingerprint density at radius 3 is 2.05 bits per heavy atom. The lowest BCUT2D eigenvalue weighted by Gasteiger charge is -2.32.